The largest absolute Gasteiger partial charge is 0.339 e. The van der Waals surface area contributed by atoms with E-state index in [9.17, 15) is 4.79 Å². The minimum absolute atomic E-state index is 0.238. The van der Waals surface area contributed by atoms with Crippen molar-refractivity contribution in [1.29, 1.82) is 0 Å². The van der Waals surface area contributed by atoms with E-state index >= 15 is 0 Å². The molecule has 0 radical (unpaired) electrons. The Hall–Kier alpha value is -3.41. The van der Waals surface area contributed by atoms with Crippen molar-refractivity contribution < 1.29 is 4.79 Å². The summed E-state index contributed by atoms with van der Waals surface area (Å²) in [6.07, 6.45) is 5.38. The molecule has 3 heterocycles. The monoisotopic (exact) mass is 498 g/mol. The summed E-state index contributed by atoms with van der Waals surface area (Å²) in [4.78, 5) is 22.6. The first kappa shape index (κ1) is 24.3. The zero-order valence-corrected chi connectivity index (χ0v) is 21.7. The summed E-state index contributed by atoms with van der Waals surface area (Å²) in [6.45, 7) is 9.92. The van der Waals surface area contributed by atoms with E-state index in [-0.39, 0.29) is 5.91 Å². The highest BCUT2D eigenvalue weighted by Crippen LogP contribution is 2.42. The van der Waals surface area contributed by atoms with Gasteiger partial charge in [0.15, 0.2) is 0 Å². The number of likely N-dealkylation sites (tertiary alicyclic amines) is 1. The number of fused-ring (bicyclic) bond motifs is 1. The van der Waals surface area contributed by atoms with Crippen LogP contribution in [0.4, 0.5) is 5.69 Å². The number of aromatic nitrogens is 2. The highest BCUT2D eigenvalue weighted by molar-refractivity contribution is 6.36. The molecule has 2 aromatic carbocycles. The second kappa shape index (κ2) is 9.92. The Bertz CT molecular complexity index is 1450. The van der Waals surface area contributed by atoms with Gasteiger partial charge < -0.3 is 15.2 Å². The molecule has 0 unspecified atom stereocenters. The Morgan fingerprint density at radius 1 is 1.14 bits per heavy atom. The van der Waals surface area contributed by atoms with E-state index < -0.39 is 0 Å². The molecule has 2 N–H and O–H groups in total. The summed E-state index contributed by atoms with van der Waals surface area (Å²) < 4.78 is 0. The predicted octanol–water partition coefficient (Wildman–Crippen LogP) is 7.10. The second-order valence-electron chi connectivity index (χ2n) is 9.75. The third kappa shape index (κ3) is 4.57. The van der Waals surface area contributed by atoms with Crippen LogP contribution < -0.4 is 5.32 Å². The molecule has 1 fully saturated rings. The molecule has 0 aliphatic carbocycles. The molecular formula is C30H31ClN4O. The molecule has 0 bridgehead atoms. The Morgan fingerprint density at radius 2 is 1.86 bits per heavy atom. The van der Waals surface area contributed by atoms with E-state index in [1.54, 1.807) is 6.20 Å². The molecule has 5 rings (SSSR count). The number of hydrogen-bond donors (Lipinski definition) is 2. The van der Waals surface area contributed by atoms with E-state index in [1.165, 1.54) is 24.5 Å². The molecule has 36 heavy (non-hydrogen) atoms. The van der Waals surface area contributed by atoms with Crippen molar-refractivity contribution in [1.82, 2.24) is 14.9 Å². The van der Waals surface area contributed by atoms with Crippen LogP contribution in [-0.4, -0.2) is 40.9 Å². The van der Waals surface area contributed by atoms with Gasteiger partial charge in [0, 0.05) is 22.8 Å². The minimum atomic E-state index is -0.238. The van der Waals surface area contributed by atoms with Crippen molar-refractivity contribution in [2.24, 2.45) is 0 Å². The number of nitrogens with one attached hydrogen (secondary N) is 2. The van der Waals surface area contributed by atoms with Crippen LogP contribution in [0.25, 0.3) is 33.4 Å². The predicted molar refractivity (Wildman–Crippen MR) is 150 cm³/mol. The van der Waals surface area contributed by atoms with Crippen LogP contribution in [0, 0.1) is 13.8 Å². The van der Waals surface area contributed by atoms with Gasteiger partial charge in [-0.25, -0.2) is 4.98 Å². The van der Waals surface area contributed by atoms with Crippen molar-refractivity contribution in [2.75, 3.05) is 25.5 Å². The molecule has 2 aromatic heterocycles. The Morgan fingerprint density at radius 3 is 2.56 bits per heavy atom. The molecule has 1 aliphatic rings. The van der Waals surface area contributed by atoms with Gasteiger partial charge in [-0.2, -0.15) is 0 Å². The van der Waals surface area contributed by atoms with Crippen molar-refractivity contribution in [3.05, 3.63) is 83.0 Å². The SMILES string of the molecule is C=CC(=O)Nc1cc(-c2c(-c3ccc(C4CCN(C)CC4)cc3)[nH]c3nccc(Cl)c23)cc(C)c1C. The fourth-order valence-electron chi connectivity index (χ4n) is 5.16. The number of aryl methyl sites for hydroxylation is 1. The number of piperidine rings is 1. The molecule has 1 amide bonds. The van der Waals surface area contributed by atoms with E-state index in [0.717, 1.165) is 63.3 Å². The van der Waals surface area contributed by atoms with Gasteiger partial charge >= 0.3 is 0 Å². The maximum Gasteiger partial charge on any atom is 0.247 e. The van der Waals surface area contributed by atoms with E-state index in [1.807, 2.05) is 26.0 Å². The van der Waals surface area contributed by atoms with Gasteiger partial charge in [-0.3, -0.25) is 4.79 Å². The standard InChI is InChI=1S/C30H31ClN4O/c1-5-26(36)33-25-17-23(16-18(2)19(25)3)27-28-24(31)10-13-32-30(28)34-29(27)22-8-6-20(7-9-22)21-11-14-35(4)15-12-21/h5-10,13,16-17,21H,1,11-12,14-15H2,2-4H3,(H,32,34)(H,33,36). The number of nitrogens with zero attached hydrogens (tertiary/aromatic N) is 2. The summed E-state index contributed by atoms with van der Waals surface area (Å²) in [5, 5.41) is 4.46. The number of benzene rings is 2. The molecule has 0 saturated carbocycles. The topological polar surface area (TPSA) is 61.0 Å². The number of carbonyl (C=O) groups is 1. The van der Waals surface area contributed by atoms with E-state index in [4.69, 9.17) is 11.6 Å². The van der Waals surface area contributed by atoms with Gasteiger partial charge in [0.05, 0.1) is 10.7 Å². The lowest BCUT2D eigenvalue weighted by Gasteiger charge is -2.29. The molecule has 6 heteroatoms. The number of H-pyrrole nitrogens is 1. The van der Waals surface area contributed by atoms with Gasteiger partial charge in [0.25, 0.3) is 0 Å². The number of pyridine rings is 1. The average Bonchev–Trinajstić information content (AvgIpc) is 3.28. The lowest BCUT2D eigenvalue weighted by Crippen LogP contribution is -2.29. The molecule has 0 atom stereocenters. The van der Waals surface area contributed by atoms with Gasteiger partial charge in [-0.05, 0) is 98.8 Å². The van der Waals surface area contributed by atoms with E-state index in [0.29, 0.717) is 10.9 Å². The van der Waals surface area contributed by atoms with Crippen LogP contribution in [0.1, 0.15) is 35.4 Å². The van der Waals surface area contributed by atoms with Crippen molar-refractivity contribution in [2.45, 2.75) is 32.6 Å². The quantitative estimate of drug-likeness (QED) is 0.288. The third-order valence-electron chi connectivity index (χ3n) is 7.43. The van der Waals surface area contributed by atoms with Crippen LogP contribution in [0.3, 0.4) is 0 Å². The maximum absolute atomic E-state index is 12.1. The molecule has 184 valence electrons. The van der Waals surface area contributed by atoms with Crippen LogP contribution in [0.15, 0.2) is 61.3 Å². The number of aromatic amines is 1. The average molecular weight is 499 g/mol. The second-order valence-corrected chi connectivity index (χ2v) is 10.2. The molecule has 5 nitrogen and oxygen atoms in total. The number of anilines is 1. The van der Waals surface area contributed by atoms with Crippen molar-refractivity contribution in [3.63, 3.8) is 0 Å². The Balaban J connectivity index is 1.63. The van der Waals surface area contributed by atoms with Gasteiger partial charge in [-0.1, -0.05) is 48.5 Å². The number of hydrogen-bond acceptors (Lipinski definition) is 3. The molecule has 4 aromatic rings. The molecular weight excluding hydrogens is 468 g/mol. The van der Waals surface area contributed by atoms with Crippen molar-refractivity contribution >= 4 is 34.2 Å². The summed E-state index contributed by atoms with van der Waals surface area (Å²) in [7, 11) is 2.19. The zero-order valence-electron chi connectivity index (χ0n) is 21.0. The first-order valence-corrected chi connectivity index (χ1v) is 12.7. The maximum atomic E-state index is 12.1. The summed E-state index contributed by atoms with van der Waals surface area (Å²) in [5.74, 6) is 0.363. The zero-order chi connectivity index (χ0) is 25.4. The highest BCUT2D eigenvalue weighted by atomic mass is 35.5. The summed E-state index contributed by atoms with van der Waals surface area (Å²) in [6, 6.07) is 14.9. The Kier molecular flexibility index (Phi) is 6.69. The molecule has 1 aliphatic heterocycles. The normalized spacial score (nSPS) is 14.8. The lowest BCUT2D eigenvalue weighted by molar-refractivity contribution is -0.111. The Labute approximate surface area is 217 Å². The van der Waals surface area contributed by atoms with Gasteiger partial charge in [0.2, 0.25) is 5.91 Å². The van der Waals surface area contributed by atoms with Gasteiger partial charge in [0.1, 0.15) is 5.65 Å². The van der Waals surface area contributed by atoms with Crippen LogP contribution in [-0.2, 0) is 4.79 Å². The number of rotatable bonds is 5. The lowest BCUT2D eigenvalue weighted by atomic mass is 9.88. The van der Waals surface area contributed by atoms with Crippen molar-refractivity contribution in [3.8, 4) is 22.4 Å². The first-order valence-electron chi connectivity index (χ1n) is 12.4. The summed E-state index contributed by atoms with van der Waals surface area (Å²) in [5.41, 5.74) is 8.96. The number of carbonyl (C=O) groups excluding carboxylic acids is 1. The first-order chi connectivity index (χ1) is 17.4. The number of amides is 1. The number of halogens is 1. The fraction of sp³-hybridized carbons (Fsp3) is 0.267. The highest BCUT2D eigenvalue weighted by Gasteiger charge is 2.22. The van der Waals surface area contributed by atoms with Crippen LogP contribution in [0.5, 0.6) is 0 Å². The van der Waals surface area contributed by atoms with Crippen LogP contribution in [0.2, 0.25) is 5.02 Å². The molecule has 1 saturated heterocycles. The van der Waals surface area contributed by atoms with E-state index in [2.05, 4.69) is 64.1 Å². The molecule has 0 spiro atoms. The smallest absolute Gasteiger partial charge is 0.247 e. The van der Waals surface area contributed by atoms with Crippen LogP contribution >= 0.6 is 11.6 Å². The summed E-state index contributed by atoms with van der Waals surface area (Å²) >= 11 is 6.72. The fourth-order valence-corrected chi connectivity index (χ4v) is 5.40. The van der Waals surface area contributed by atoms with Gasteiger partial charge in [-0.15, -0.1) is 0 Å². The minimum Gasteiger partial charge on any atom is -0.339 e. The third-order valence-corrected chi connectivity index (χ3v) is 7.75.